The molecule has 0 saturated carbocycles. The van der Waals surface area contributed by atoms with Gasteiger partial charge in [0.2, 0.25) is 0 Å². The second kappa shape index (κ2) is 8.53. The van der Waals surface area contributed by atoms with E-state index in [0.717, 1.165) is 40.5 Å². The van der Waals surface area contributed by atoms with E-state index in [9.17, 15) is 31.7 Å². The van der Waals surface area contributed by atoms with E-state index >= 15 is 0 Å². The van der Waals surface area contributed by atoms with Crippen LogP contribution in [0.2, 0.25) is 0 Å². The molecule has 1 atom stereocenters. The van der Waals surface area contributed by atoms with E-state index in [1.807, 2.05) is 36.4 Å². The molecule has 0 amide bonds. The van der Waals surface area contributed by atoms with E-state index < -0.39 is 46.0 Å². The standard InChI is InChI=1S/C24H16F5NO4/c25-23(26,24(27,22(32)33)30(28)29)20-12-6-5-11-18(20)21(31)34-13-19-16-9-3-1-7-14(16)15-8-2-4-10-17(15)19/h1-12,19H,13H2,(H,32,33)/t24-/m1/s1. The van der Waals surface area contributed by atoms with Crippen molar-refractivity contribution in [2.75, 3.05) is 6.61 Å². The maximum Gasteiger partial charge on any atom is 0.382 e. The third kappa shape index (κ3) is 3.50. The molecule has 3 aromatic carbocycles. The van der Waals surface area contributed by atoms with Crippen LogP contribution in [0.25, 0.3) is 11.1 Å². The Morgan fingerprint density at radius 3 is 1.88 bits per heavy atom. The summed E-state index contributed by atoms with van der Waals surface area (Å²) in [6, 6.07) is 18.1. The summed E-state index contributed by atoms with van der Waals surface area (Å²) in [6.45, 7) is -0.273. The summed E-state index contributed by atoms with van der Waals surface area (Å²) < 4.78 is 75.1. The number of ether oxygens (including phenoxy) is 1. The molecular formula is C24H16F5NO4. The zero-order chi connectivity index (χ0) is 24.7. The molecule has 3 aromatic rings. The van der Waals surface area contributed by atoms with Gasteiger partial charge in [-0.3, -0.25) is 0 Å². The number of carbonyl (C=O) groups excluding carboxylic acids is 1. The Balaban J connectivity index is 1.65. The minimum atomic E-state index is -5.41. The van der Waals surface area contributed by atoms with Gasteiger partial charge in [0.25, 0.3) is 0 Å². The van der Waals surface area contributed by atoms with Crippen molar-refractivity contribution in [3.05, 3.63) is 95.1 Å². The third-order valence-corrected chi connectivity index (χ3v) is 5.76. The highest BCUT2D eigenvalue weighted by atomic mass is 19.4. The molecule has 0 radical (unpaired) electrons. The number of carboxylic acid groups (broad SMARTS) is 1. The summed E-state index contributed by atoms with van der Waals surface area (Å²) in [6.07, 6.45) is 0. The van der Waals surface area contributed by atoms with E-state index in [1.165, 1.54) is 0 Å². The first-order chi connectivity index (χ1) is 16.1. The van der Waals surface area contributed by atoms with Crippen LogP contribution in [0.15, 0.2) is 72.8 Å². The van der Waals surface area contributed by atoms with Gasteiger partial charge in [0.05, 0.1) is 10.9 Å². The summed E-state index contributed by atoms with van der Waals surface area (Å²) in [5.41, 5.74) is 1.04. The first-order valence-corrected chi connectivity index (χ1v) is 9.97. The molecule has 1 aliphatic rings. The van der Waals surface area contributed by atoms with Gasteiger partial charge in [0, 0.05) is 11.5 Å². The lowest BCUT2D eigenvalue weighted by Crippen LogP contribution is -2.56. The molecule has 0 saturated heterocycles. The summed E-state index contributed by atoms with van der Waals surface area (Å²) >= 11 is 0. The van der Waals surface area contributed by atoms with Crippen molar-refractivity contribution in [1.29, 1.82) is 0 Å². The number of hydrogen-bond acceptors (Lipinski definition) is 4. The van der Waals surface area contributed by atoms with Crippen LogP contribution in [-0.2, 0) is 15.5 Å². The summed E-state index contributed by atoms with van der Waals surface area (Å²) in [7, 11) is 0. The number of nitrogens with zero attached hydrogens (tertiary/aromatic N) is 1. The number of fused-ring (bicyclic) bond motifs is 3. The minimum Gasteiger partial charge on any atom is -0.478 e. The average Bonchev–Trinajstić information content (AvgIpc) is 3.15. The van der Waals surface area contributed by atoms with Gasteiger partial charge in [-0.1, -0.05) is 75.7 Å². The Labute approximate surface area is 189 Å². The topological polar surface area (TPSA) is 66.8 Å². The molecule has 34 heavy (non-hydrogen) atoms. The molecule has 10 heteroatoms. The smallest absolute Gasteiger partial charge is 0.382 e. The van der Waals surface area contributed by atoms with Gasteiger partial charge in [-0.15, -0.1) is 0 Å². The monoisotopic (exact) mass is 477 g/mol. The van der Waals surface area contributed by atoms with Crippen molar-refractivity contribution in [3.8, 4) is 11.1 Å². The molecule has 0 fully saturated rings. The van der Waals surface area contributed by atoms with Gasteiger partial charge >= 0.3 is 23.7 Å². The average molecular weight is 477 g/mol. The number of esters is 1. The zero-order valence-corrected chi connectivity index (χ0v) is 17.2. The summed E-state index contributed by atoms with van der Waals surface area (Å²) in [5.74, 6) is -15.6. The van der Waals surface area contributed by atoms with Gasteiger partial charge in [0.15, 0.2) is 0 Å². The van der Waals surface area contributed by atoms with Gasteiger partial charge < -0.3 is 9.84 Å². The predicted molar refractivity (Wildman–Crippen MR) is 110 cm³/mol. The number of benzene rings is 3. The number of rotatable bonds is 7. The molecule has 176 valence electrons. The molecule has 1 aliphatic carbocycles. The van der Waals surface area contributed by atoms with Crippen LogP contribution in [0.4, 0.5) is 22.1 Å². The van der Waals surface area contributed by atoms with Crippen molar-refractivity contribution >= 4 is 11.9 Å². The van der Waals surface area contributed by atoms with Crippen molar-refractivity contribution in [3.63, 3.8) is 0 Å². The molecule has 0 unspecified atom stereocenters. The van der Waals surface area contributed by atoms with E-state index in [-0.39, 0.29) is 6.61 Å². The predicted octanol–water partition coefficient (Wildman–Crippen LogP) is 5.57. The quantitative estimate of drug-likeness (QED) is 0.209. The third-order valence-electron chi connectivity index (χ3n) is 5.76. The normalized spacial score (nSPS) is 14.9. The minimum absolute atomic E-state index is 0.273. The van der Waals surface area contributed by atoms with Crippen LogP contribution < -0.4 is 0 Å². The first kappa shape index (κ1) is 23.4. The second-order valence-corrected chi connectivity index (χ2v) is 7.61. The fourth-order valence-electron chi connectivity index (χ4n) is 4.10. The van der Waals surface area contributed by atoms with Gasteiger partial charge in [0.1, 0.15) is 6.61 Å². The van der Waals surface area contributed by atoms with Gasteiger partial charge in [-0.25, -0.2) is 14.0 Å². The maximum absolute atomic E-state index is 14.8. The number of aliphatic carboxylic acids is 1. The Morgan fingerprint density at radius 1 is 0.853 bits per heavy atom. The number of halogens is 5. The first-order valence-electron chi connectivity index (χ1n) is 9.97. The SMILES string of the molecule is O=C(OCC1c2ccccc2-c2ccccc21)c1ccccc1C(F)(F)[C@@](F)(C(=O)O)N(F)F. The Bertz CT molecular complexity index is 1220. The highest BCUT2D eigenvalue weighted by Gasteiger charge is 2.69. The van der Waals surface area contributed by atoms with Crippen LogP contribution >= 0.6 is 0 Å². The largest absolute Gasteiger partial charge is 0.478 e. The van der Waals surface area contributed by atoms with Gasteiger partial charge in [-0.05, 0) is 28.3 Å². The molecule has 0 spiro atoms. The van der Waals surface area contributed by atoms with E-state index in [0.29, 0.717) is 6.07 Å². The number of alkyl halides is 3. The Morgan fingerprint density at radius 2 is 1.35 bits per heavy atom. The lowest BCUT2D eigenvalue weighted by atomic mass is 9.94. The Hall–Kier alpha value is -3.79. The molecule has 4 rings (SSSR count). The van der Waals surface area contributed by atoms with E-state index in [1.54, 1.807) is 12.1 Å². The molecule has 0 heterocycles. The summed E-state index contributed by atoms with van der Waals surface area (Å²) in [5, 5.41) is 6.04. The lowest BCUT2D eigenvalue weighted by Gasteiger charge is -2.30. The van der Waals surface area contributed by atoms with Crippen LogP contribution in [-0.4, -0.2) is 34.8 Å². The number of carboxylic acids is 1. The van der Waals surface area contributed by atoms with Crippen LogP contribution in [0.1, 0.15) is 33.0 Å². The van der Waals surface area contributed by atoms with E-state index in [2.05, 4.69) is 0 Å². The van der Waals surface area contributed by atoms with E-state index in [4.69, 9.17) is 9.84 Å². The van der Waals surface area contributed by atoms with Crippen molar-refractivity contribution in [2.24, 2.45) is 0 Å². The van der Waals surface area contributed by atoms with Crippen LogP contribution in [0.3, 0.4) is 0 Å². The van der Waals surface area contributed by atoms with Crippen LogP contribution in [0, 0.1) is 0 Å². The zero-order valence-electron chi connectivity index (χ0n) is 17.2. The van der Waals surface area contributed by atoms with Crippen molar-refractivity contribution < 1.29 is 41.6 Å². The van der Waals surface area contributed by atoms with Crippen LogP contribution in [0.5, 0.6) is 0 Å². The molecule has 0 aliphatic heterocycles. The second-order valence-electron chi connectivity index (χ2n) is 7.61. The maximum atomic E-state index is 14.8. The fourth-order valence-corrected chi connectivity index (χ4v) is 4.10. The van der Waals surface area contributed by atoms with Crippen molar-refractivity contribution in [1.82, 2.24) is 5.34 Å². The molecule has 1 N–H and O–H groups in total. The number of hydrogen-bond donors (Lipinski definition) is 1. The molecule has 0 aromatic heterocycles. The molecule has 0 bridgehead atoms. The molecular weight excluding hydrogens is 461 g/mol. The summed E-state index contributed by atoms with van der Waals surface area (Å²) in [4.78, 5) is 23.7. The highest BCUT2D eigenvalue weighted by molar-refractivity contribution is 5.92. The Kier molecular flexibility index (Phi) is 5.86. The lowest BCUT2D eigenvalue weighted by molar-refractivity contribution is -0.340. The van der Waals surface area contributed by atoms with Crippen molar-refractivity contribution in [2.45, 2.75) is 17.6 Å². The molecule has 5 nitrogen and oxygen atoms in total. The fraction of sp³-hybridized carbons (Fsp3) is 0.167. The number of carbonyl (C=O) groups is 2. The van der Waals surface area contributed by atoms with Gasteiger partial charge in [-0.2, -0.15) is 8.78 Å². The highest BCUT2D eigenvalue weighted by Crippen LogP contribution is 2.47.